The van der Waals surface area contributed by atoms with Crippen LogP contribution in [0, 0.1) is 12.7 Å². The van der Waals surface area contributed by atoms with E-state index in [0.29, 0.717) is 17.7 Å². The van der Waals surface area contributed by atoms with Crippen LogP contribution < -0.4 is 10.3 Å². The minimum atomic E-state index is -0.305. The molecule has 0 amide bonds. The molecule has 3 heterocycles. The number of nitrogens with zero attached hydrogens (tertiary/aromatic N) is 3. The molecular weight excluding hydrogens is 445 g/mol. The molecule has 0 atom stereocenters. The van der Waals surface area contributed by atoms with Crippen molar-refractivity contribution in [3.8, 4) is 16.9 Å². The molecule has 0 unspecified atom stereocenters. The summed E-state index contributed by atoms with van der Waals surface area (Å²) < 4.78 is 20.3. The summed E-state index contributed by atoms with van der Waals surface area (Å²) in [5.74, 6) is 0.274. The summed E-state index contributed by atoms with van der Waals surface area (Å²) >= 11 is 2.93. The van der Waals surface area contributed by atoms with Crippen LogP contribution >= 0.6 is 22.7 Å². The molecule has 0 aliphatic carbocycles. The highest BCUT2D eigenvalue weighted by molar-refractivity contribution is 7.17. The Labute approximate surface area is 191 Å². The van der Waals surface area contributed by atoms with Crippen LogP contribution in [0.1, 0.15) is 16.3 Å². The fourth-order valence-corrected chi connectivity index (χ4v) is 4.97. The molecule has 160 valence electrons. The molecule has 0 N–H and O–H groups in total. The summed E-state index contributed by atoms with van der Waals surface area (Å²) in [4.78, 5) is 23.0. The monoisotopic (exact) mass is 463 g/mol. The number of fused-ring (bicyclic) bond motifs is 1. The maximum Gasteiger partial charge on any atom is 0.263 e. The van der Waals surface area contributed by atoms with E-state index in [1.807, 2.05) is 41.9 Å². The summed E-state index contributed by atoms with van der Waals surface area (Å²) in [6, 6.07) is 14.0. The summed E-state index contributed by atoms with van der Waals surface area (Å²) in [6.45, 7) is 2.65. The zero-order valence-electron chi connectivity index (χ0n) is 17.1. The molecule has 0 bridgehead atoms. The normalized spacial score (nSPS) is 11.2. The van der Waals surface area contributed by atoms with Gasteiger partial charge < -0.3 is 4.74 Å². The fourth-order valence-electron chi connectivity index (χ4n) is 3.36. The van der Waals surface area contributed by atoms with E-state index in [1.165, 1.54) is 40.4 Å². The maximum atomic E-state index is 13.2. The van der Waals surface area contributed by atoms with Crippen molar-refractivity contribution in [3.05, 3.63) is 98.1 Å². The van der Waals surface area contributed by atoms with E-state index < -0.39 is 0 Å². The summed E-state index contributed by atoms with van der Waals surface area (Å²) in [6.07, 6.45) is 1.58. The second-order valence-corrected chi connectivity index (χ2v) is 9.15. The van der Waals surface area contributed by atoms with Gasteiger partial charge in [0.1, 0.15) is 28.0 Å². The van der Waals surface area contributed by atoms with E-state index in [4.69, 9.17) is 4.74 Å². The van der Waals surface area contributed by atoms with Crippen molar-refractivity contribution in [2.24, 2.45) is 0 Å². The Bertz CT molecular complexity index is 1440. The van der Waals surface area contributed by atoms with Crippen LogP contribution in [0.4, 0.5) is 4.39 Å². The molecule has 0 spiro atoms. The largest absolute Gasteiger partial charge is 0.486 e. The predicted octanol–water partition coefficient (Wildman–Crippen LogP) is 5.66. The molecule has 0 fully saturated rings. The zero-order valence-corrected chi connectivity index (χ0v) is 18.8. The van der Waals surface area contributed by atoms with E-state index in [2.05, 4.69) is 9.97 Å². The molecule has 0 aliphatic heterocycles. The van der Waals surface area contributed by atoms with Gasteiger partial charge in [0.15, 0.2) is 0 Å². The lowest BCUT2D eigenvalue weighted by molar-refractivity contribution is 0.305. The maximum absolute atomic E-state index is 13.2. The lowest BCUT2D eigenvalue weighted by Crippen LogP contribution is -2.21. The van der Waals surface area contributed by atoms with Gasteiger partial charge in [0, 0.05) is 16.3 Å². The topological polar surface area (TPSA) is 57.0 Å². The highest BCUT2D eigenvalue weighted by Crippen LogP contribution is 2.30. The number of halogens is 1. The number of rotatable bonds is 6. The molecule has 2 aromatic carbocycles. The molecular formula is C24H18FN3O2S2. The Balaban J connectivity index is 1.37. The molecule has 0 aliphatic rings. The van der Waals surface area contributed by atoms with Gasteiger partial charge in [0.05, 0.1) is 24.0 Å². The Morgan fingerprint density at radius 1 is 1.03 bits per heavy atom. The van der Waals surface area contributed by atoms with Crippen molar-refractivity contribution >= 4 is 32.9 Å². The standard InChI is InChI=1S/C24H18FN3O2S2/c1-15-2-4-16(5-3-15)20-13-32-23-22(20)24(29)28(14-26-23)10-18-12-31-21(27-18)11-30-19-8-6-17(25)7-9-19/h2-9,12-14H,10-11H2,1H3. The van der Waals surface area contributed by atoms with Gasteiger partial charge in [-0.2, -0.15) is 0 Å². The van der Waals surface area contributed by atoms with Gasteiger partial charge in [-0.25, -0.2) is 14.4 Å². The Morgan fingerprint density at radius 2 is 1.81 bits per heavy atom. The number of ether oxygens (including phenoxy) is 1. The van der Waals surface area contributed by atoms with Gasteiger partial charge in [-0.1, -0.05) is 29.8 Å². The van der Waals surface area contributed by atoms with Gasteiger partial charge >= 0.3 is 0 Å². The second kappa shape index (κ2) is 8.64. The average Bonchev–Trinajstić information content (AvgIpc) is 3.43. The van der Waals surface area contributed by atoms with E-state index in [1.54, 1.807) is 23.0 Å². The first-order valence-electron chi connectivity index (χ1n) is 9.92. The fraction of sp³-hybridized carbons (Fsp3) is 0.125. The van der Waals surface area contributed by atoms with Crippen molar-refractivity contribution in [3.63, 3.8) is 0 Å². The zero-order chi connectivity index (χ0) is 22.1. The third kappa shape index (κ3) is 4.19. The van der Waals surface area contributed by atoms with Crippen LogP contribution in [0.15, 0.2) is 70.4 Å². The van der Waals surface area contributed by atoms with Crippen LogP contribution in [0.3, 0.4) is 0 Å². The van der Waals surface area contributed by atoms with Gasteiger partial charge in [0.25, 0.3) is 5.56 Å². The molecule has 0 saturated carbocycles. The number of aromatic nitrogens is 3. The van der Waals surface area contributed by atoms with E-state index in [-0.39, 0.29) is 18.0 Å². The first-order valence-corrected chi connectivity index (χ1v) is 11.7. The van der Waals surface area contributed by atoms with Crippen LogP contribution in [0.5, 0.6) is 5.75 Å². The second-order valence-electron chi connectivity index (χ2n) is 7.35. The van der Waals surface area contributed by atoms with Gasteiger partial charge in [-0.05, 0) is 36.8 Å². The van der Waals surface area contributed by atoms with Crippen LogP contribution in [-0.4, -0.2) is 14.5 Å². The van der Waals surface area contributed by atoms with Crippen molar-refractivity contribution in [1.29, 1.82) is 0 Å². The Hall–Kier alpha value is -3.36. The highest BCUT2D eigenvalue weighted by atomic mass is 32.1. The third-order valence-corrected chi connectivity index (χ3v) is 6.79. The lowest BCUT2D eigenvalue weighted by atomic mass is 10.1. The van der Waals surface area contributed by atoms with Gasteiger partial charge in [0.2, 0.25) is 0 Å². The summed E-state index contributed by atoms with van der Waals surface area (Å²) in [5.41, 5.74) is 3.77. The predicted molar refractivity (Wildman–Crippen MR) is 126 cm³/mol. The third-order valence-electron chi connectivity index (χ3n) is 5.03. The molecule has 8 heteroatoms. The van der Waals surface area contributed by atoms with Gasteiger partial charge in [-0.15, -0.1) is 22.7 Å². The number of aryl methyl sites for hydroxylation is 1. The lowest BCUT2D eigenvalue weighted by Gasteiger charge is -2.05. The molecule has 5 rings (SSSR count). The number of thiophene rings is 1. The van der Waals surface area contributed by atoms with Crippen molar-refractivity contribution in [1.82, 2.24) is 14.5 Å². The van der Waals surface area contributed by atoms with E-state index >= 15 is 0 Å². The molecule has 3 aromatic heterocycles. The van der Waals surface area contributed by atoms with Crippen molar-refractivity contribution in [2.45, 2.75) is 20.1 Å². The Kier molecular flexibility index (Phi) is 5.55. The molecule has 32 heavy (non-hydrogen) atoms. The smallest absolute Gasteiger partial charge is 0.263 e. The molecule has 0 radical (unpaired) electrons. The van der Waals surface area contributed by atoms with E-state index in [0.717, 1.165) is 26.7 Å². The molecule has 5 aromatic rings. The van der Waals surface area contributed by atoms with Crippen molar-refractivity contribution in [2.75, 3.05) is 0 Å². The number of benzene rings is 2. The van der Waals surface area contributed by atoms with Crippen LogP contribution in [-0.2, 0) is 13.2 Å². The molecule has 5 nitrogen and oxygen atoms in total. The average molecular weight is 464 g/mol. The quantitative estimate of drug-likeness (QED) is 0.326. The summed E-state index contributed by atoms with van der Waals surface area (Å²) in [7, 11) is 0. The van der Waals surface area contributed by atoms with Crippen LogP contribution in [0.2, 0.25) is 0 Å². The van der Waals surface area contributed by atoms with Crippen molar-refractivity contribution < 1.29 is 9.13 Å². The Morgan fingerprint density at radius 3 is 2.59 bits per heavy atom. The number of hydrogen-bond donors (Lipinski definition) is 0. The highest BCUT2D eigenvalue weighted by Gasteiger charge is 2.14. The van der Waals surface area contributed by atoms with Crippen LogP contribution in [0.25, 0.3) is 21.3 Å². The minimum Gasteiger partial charge on any atom is -0.486 e. The SMILES string of the molecule is Cc1ccc(-c2csc3ncn(Cc4csc(COc5ccc(F)cc5)n4)c(=O)c23)cc1. The number of thiazole rings is 1. The number of hydrogen-bond acceptors (Lipinski definition) is 6. The minimum absolute atomic E-state index is 0.0797. The molecule has 0 saturated heterocycles. The first kappa shape index (κ1) is 20.5. The van der Waals surface area contributed by atoms with E-state index in [9.17, 15) is 9.18 Å². The first-order chi connectivity index (χ1) is 15.6. The van der Waals surface area contributed by atoms with Gasteiger partial charge in [-0.3, -0.25) is 9.36 Å². The summed E-state index contributed by atoms with van der Waals surface area (Å²) in [5, 5.41) is 5.31.